The van der Waals surface area contributed by atoms with Crippen molar-refractivity contribution >= 4 is 18.0 Å². The molecule has 0 aliphatic heterocycles. The van der Waals surface area contributed by atoms with E-state index in [1.807, 2.05) is 25.1 Å². The number of amides is 1. The zero-order valence-corrected chi connectivity index (χ0v) is 18.9. The van der Waals surface area contributed by atoms with E-state index in [1.54, 1.807) is 52.2 Å². The van der Waals surface area contributed by atoms with E-state index in [0.29, 0.717) is 31.2 Å². The van der Waals surface area contributed by atoms with Crippen LogP contribution in [0.3, 0.4) is 0 Å². The molecule has 0 spiro atoms. The van der Waals surface area contributed by atoms with Gasteiger partial charge in [0.1, 0.15) is 18.8 Å². The Morgan fingerprint density at radius 1 is 1.13 bits per heavy atom. The number of carbonyl (C=O) groups is 2. The Labute approximate surface area is 179 Å². The first-order valence-electron chi connectivity index (χ1n) is 9.81. The average molecular weight is 419 g/mol. The van der Waals surface area contributed by atoms with E-state index >= 15 is 0 Å². The molecule has 1 rings (SSSR count). The summed E-state index contributed by atoms with van der Waals surface area (Å²) in [4.78, 5) is 28.4. The fraction of sp³-hybridized carbons (Fsp3) is 0.478. The van der Waals surface area contributed by atoms with E-state index in [-0.39, 0.29) is 12.5 Å². The van der Waals surface area contributed by atoms with Gasteiger partial charge in [-0.25, -0.2) is 0 Å². The summed E-state index contributed by atoms with van der Waals surface area (Å²) in [6.45, 7) is 10.3. The summed E-state index contributed by atoms with van der Waals surface area (Å²) in [5.41, 5.74) is 0.172. The van der Waals surface area contributed by atoms with Gasteiger partial charge in [-0.2, -0.15) is 0 Å². The zero-order chi connectivity index (χ0) is 22.7. The molecule has 30 heavy (non-hydrogen) atoms. The molecular formula is C23H34N2O5. The molecule has 0 bridgehead atoms. The minimum absolute atomic E-state index is 0.105. The highest BCUT2D eigenvalue weighted by Gasteiger charge is 2.21. The van der Waals surface area contributed by atoms with Crippen molar-refractivity contribution in [3.8, 4) is 11.5 Å². The number of ether oxygens (including phenoxy) is 3. The minimum atomic E-state index is -0.602. The van der Waals surface area contributed by atoms with Crippen LogP contribution in [0.2, 0.25) is 0 Å². The van der Waals surface area contributed by atoms with E-state index in [1.165, 1.54) is 11.0 Å². The summed E-state index contributed by atoms with van der Waals surface area (Å²) in [7, 11) is 5.38. The molecule has 0 heterocycles. The Kier molecular flexibility index (Phi) is 10.1. The Morgan fingerprint density at radius 3 is 2.40 bits per heavy atom. The van der Waals surface area contributed by atoms with Crippen molar-refractivity contribution in [2.45, 2.75) is 26.4 Å². The smallest absolute Gasteiger partial charge is 0.326 e. The number of esters is 1. The van der Waals surface area contributed by atoms with Crippen LogP contribution in [-0.2, 0) is 14.3 Å². The molecule has 1 aromatic rings. The monoisotopic (exact) mass is 418 g/mol. The van der Waals surface area contributed by atoms with Crippen LogP contribution in [0.15, 0.2) is 36.9 Å². The topological polar surface area (TPSA) is 68.3 Å². The van der Waals surface area contributed by atoms with Crippen molar-refractivity contribution in [3.63, 3.8) is 0 Å². The van der Waals surface area contributed by atoms with Gasteiger partial charge < -0.3 is 24.0 Å². The third kappa shape index (κ3) is 9.60. The molecule has 0 unspecified atom stereocenters. The Hall–Kier alpha value is -2.80. The van der Waals surface area contributed by atoms with Crippen LogP contribution in [-0.4, -0.2) is 74.7 Å². The molecule has 0 saturated heterocycles. The highest BCUT2D eigenvalue weighted by atomic mass is 16.6. The predicted molar refractivity (Wildman–Crippen MR) is 119 cm³/mol. The van der Waals surface area contributed by atoms with Crippen LogP contribution < -0.4 is 9.47 Å². The van der Waals surface area contributed by atoms with Crippen LogP contribution in [0.25, 0.3) is 6.08 Å². The van der Waals surface area contributed by atoms with Gasteiger partial charge in [0.25, 0.3) is 0 Å². The van der Waals surface area contributed by atoms with Gasteiger partial charge in [-0.1, -0.05) is 18.7 Å². The number of likely N-dealkylation sites (N-methyl/N-ethyl adjacent to an activating group) is 1. The van der Waals surface area contributed by atoms with Crippen LogP contribution >= 0.6 is 0 Å². The van der Waals surface area contributed by atoms with Crippen molar-refractivity contribution in [2.75, 3.05) is 47.4 Å². The van der Waals surface area contributed by atoms with Crippen LogP contribution in [0.5, 0.6) is 11.5 Å². The standard InChI is InChI=1S/C23H34N2O5/c1-8-15-29-19-11-9-18(16-20(19)28-7)10-12-21(26)25(14-13-24(5)6)17-22(27)30-23(2,3)4/h8-12,16H,1,13-15,17H2,2-7H3/b12-10+. The molecular weight excluding hydrogens is 384 g/mol. The summed E-state index contributed by atoms with van der Waals surface area (Å²) in [5.74, 6) is 0.449. The Morgan fingerprint density at radius 2 is 1.83 bits per heavy atom. The lowest BCUT2D eigenvalue weighted by atomic mass is 10.2. The molecule has 0 radical (unpaired) electrons. The van der Waals surface area contributed by atoms with Gasteiger partial charge in [-0.15, -0.1) is 0 Å². The second kappa shape index (κ2) is 12.0. The van der Waals surface area contributed by atoms with Gasteiger partial charge in [-0.3, -0.25) is 9.59 Å². The summed E-state index contributed by atoms with van der Waals surface area (Å²) in [5, 5.41) is 0. The lowest BCUT2D eigenvalue weighted by Gasteiger charge is -2.25. The molecule has 0 atom stereocenters. The van der Waals surface area contributed by atoms with E-state index < -0.39 is 11.6 Å². The molecule has 1 aromatic carbocycles. The van der Waals surface area contributed by atoms with E-state index in [2.05, 4.69) is 6.58 Å². The number of carbonyl (C=O) groups excluding carboxylic acids is 2. The Balaban J connectivity index is 2.91. The molecule has 0 fully saturated rings. The number of methoxy groups -OCH3 is 1. The minimum Gasteiger partial charge on any atom is -0.493 e. The summed E-state index contributed by atoms with van der Waals surface area (Å²) < 4.78 is 16.2. The molecule has 0 saturated carbocycles. The lowest BCUT2D eigenvalue weighted by molar-refractivity contribution is -0.158. The quantitative estimate of drug-likeness (QED) is 0.313. The first-order chi connectivity index (χ1) is 14.1. The normalized spacial score (nSPS) is 11.4. The maximum atomic E-state index is 12.7. The van der Waals surface area contributed by atoms with E-state index in [0.717, 1.165) is 5.56 Å². The second-order valence-electron chi connectivity index (χ2n) is 7.99. The van der Waals surface area contributed by atoms with Crippen molar-refractivity contribution in [1.29, 1.82) is 0 Å². The predicted octanol–water partition coefficient (Wildman–Crippen LogP) is 3.01. The van der Waals surface area contributed by atoms with Crippen molar-refractivity contribution < 1.29 is 23.8 Å². The lowest BCUT2D eigenvalue weighted by Crippen LogP contribution is -2.41. The van der Waals surface area contributed by atoms with Gasteiger partial charge in [0.05, 0.1) is 7.11 Å². The number of benzene rings is 1. The molecule has 0 aromatic heterocycles. The molecule has 7 heteroatoms. The first-order valence-corrected chi connectivity index (χ1v) is 9.81. The number of hydrogen-bond donors (Lipinski definition) is 0. The van der Waals surface area contributed by atoms with Crippen molar-refractivity contribution in [3.05, 3.63) is 42.5 Å². The van der Waals surface area contributed by atoms with Crippen LogP contribution in [0.4, 0.5) is 0 Å². The maximum Gasteiger partial charge on any atom is 0.326 e. The van der Waals surface area contributed by atoms with Crippen molar-refractivity contribution in [2.24, 2.45) is 0 Å². The van der Waals surface area contributed by atoms with Gasteiger partial charge in [0.2, 0.25) is 5.91 Å². The van der Waals surface area contributed by atoms with Gasteiger partial charge >= 0.3 is 5.97 Å². The molecule has 0 aliphatic rings. The highest BCUT2D eigenvalue weighted by Crippen LogP contribution is 2.28. The summed E-state index contributed by atoms with van der Waals surface area (Å²) in [6.07, 6.45) is 4.78. The second-order valence-corrected chi connectivity index (χ2v) is 7.99. The van der Waals surface area contributed by atoms with Gasteiger partial charge in [-0.05, 0) is 58.6 Å². The fourth-order valence-electron chi connectivity index (χ4n) is 2.45. The average Bonchev–Trinajstić information content (AvgIpc) is 2.66. The number of nitrogens with zero attached hydrogens (tertiary/aromatic N) is 2. The SMILES string of the molecule is C=CCOc1ccc(/C=C/C(=O)N(CCN(C)C)CC(=O)OC(C)(C)C)cc1OC. The fourth-order valence-corrected chi connectivity index (χ4v) is 2.45. The van der Waals surface area contributed by atoms with E-state index in [4.69, 9.17) is 14.2 Å². The summed E-state index contributed by atoms with van der Waals surface area (Å²) >= 11 is 0. The largest absolute Gasteiger partial charge is 0.493 e. The third-order valence-electron chi connectivity index (χ3n) is 3.83. The van der Waals surface area contributed by atoms with Crippen LogP contribution in [0.1, 0.15) is 26.3 Å². The van der Waals surface area contributed by atoms with Gasteiger partial charge in [0, 0.05) is 19.2 Å². The number of hydrogen-bond acceptors (Lipinski definition) is 6. The highest BCUT2D eigenvalue weighted by molar-refractivity contribution is 5.93. The molecule has 0 aliphatic carbocycles. The molecule has 7 nitrogen and oxygen atoms in total. The Bertz CT molecular complexity index is 750. The summed E-state index contributed by atoms with van der Waals surface area (Å²) in [6, 6.07) is 5.37. The van der Waals surface area contributed by atoms with Gasteiger partial charge in [0.15, 0.2) is 11.5 Å². The molecule has 166 valence electrons. The van der Waals surface area contributed by atoms with Crippen LogP contribution in [0, 0.1) is 0 Å². The number of rotatable bonds is 11. The molecule has 1 amide bonds. The third-order valence-corrected chi connectivity index (χ3v) is 3.83. The molecule has 0 N–H and O–H groups in total. The zero-order valence-electron chi connectivity index (χ0n) is 18.9. The maximum absolute atomic E-state index is 12.7. The van der Waals surface area contributed by atoms with Crippen molar-refractivity contribution in [1.82, 2.24) is 9.80 Å². The van der Waals surface area contributed by atoms with E-state index in [9.17, 15) is 9.59 Å². The first kappa shape index (κ1) is 25.2.